The number of hydrogen-bond acceptors (Lipinski definition) is 5. The molecule has 0 atom stereocenters. The Morgan fingerprint density at radius 3 is 1.35 bits per heavy atom. The molecule has 4 aromatic carbocycles. The molecular weight excluding hydrogens is 587 g/mol. The summed E-state index contributed by atoms with van der Waals surface area (Å²) in [5.41, 5.74) is 12.2. The minimum Gasteiger partial charge on any atom is -0.255 e. The number of benzene rings is 4. The molecule has 8 aromatic rings. The molecule has 0 radical (unpaired) electrons. The van der Waals surface area contributed by atoms with Crippen LogP contribution in [-0.4, -0.2) is 24.9 Å². The Morgan fingerprint density at radius 2 is 0.771 bits per heavy atom. The largest absolute Gasteiger partial charge is 0.255 e. The molecule has 0 unspecified atom stereocenters. The highest BCUT2D eigenvalue weighted by Gasteiger charge is 2.14. The fourth-order valence-corrected chi connectivity index (χ4v) is 5.72. The first-order chi connectivity index (χ1) is 23.8. The van der Waals surface area contributed by atoms with Crippen LogP contribution in [0.5, 0.6) is 0 Å². The van der Waals surface area contributed by atoms with E-state index in [0.717, 1.165) is 67.5 Å². The van der Waals surface area contributed by atoms with Crippen molar-refractivity contribution in [1.29, 1.82) is 0 Å². The van der Waals surface area contributed by atoms with Crippen molar-refractivity contribution in [3.05, 3.63) is 176 Å². The van der Waals surface area contributed by atoms with Crippen molar-refractivity contribution in [2.45, 2.75) is 0 Å². The molecule has 5 heteroatoms. The van der Waals surface area contributed by atoms with E-state index in [9.17, 15) is 0 Å². The van der Waals surface area contributed by atoms with E-state index in [2.05, 4.69) is 83.8 Å². The maximum Gasteiger partial charge on any atom is 0.160 e. The second-order valence-electron chi connectivity index (χ2n) is 11.4. The number of nitrogens with zero attached hydrogens (tertiary/aromatic N) is 5. The van der Waals surface area contributed by atoms with Crippen molar-refractivity contribution >= 4 is 0 Å². The fourth-order valence-electron chi connectivity index (χ4n) is 5.72. The van der Waals surface area contributed by atoms with Crippen LogP contribution in [0, 0.1) is 0 Å². The Bertz CT molecular complexity index is 2230. The summed E-state index contributed by atoms with van der Waals surface area (Å²) in [4.78, 5) is 24.4. The van der Waals surface area contributed by atoms with Crippen LogP contribution in [0.15, 0.2) is 176 Å². The Morgan fingerprint density at radius 1 is 0.271 bits per heavy atom. The summed E-state index contributed by atoms with van der Waals surface area (Å²) in [7, 11) is 0. The van der Waals surface area contributed by atoms with Crippen molar-refractivity contribution in [1.82, 2.24) is 24.9 Å². The summed E-state index contributed by atoms with van der Waals surface area (Å²) in [6, 6.07) is 55.4. The second-order valence-corrected chi connectivity index (χ2v) is 11.4. The SMILES string of the molecule is c1ccc(-c2ccc(-c3cc(-c4ccc(-c5cc(-c6ccccc6)cc(-c6ccccn6)n5)nc4)nc(-c4ccccc4)n3)cc2)cc1. The lowest BCUT2D eigenvalue weighted by molar-refractivity contribution is 1.17. The van der Waals surface area contributed by atoms with Gasteiger partial charge in [-0.3, -0.25) is 9.97 Å². The summed E-state index contributed by atoms with van der Waals surface area (Å²) in [6.07, 6.45) is 3.66. The molecular formula is C43H29N5. The predicted molar refractivity (Wildman–Crippen MR) is 193 cm³/mol. The van der Waals surface area contributed by atoms with E-state index in [1.165, 1.54) is 5.56 Å². The lowest BCUT2D eigenvalue weighted by Crippen LogP contribution is -1.97. The van der Waals surface area contributed by atoms with E-state index >= 15 is 0 Å². The van der Waals surface area contributed by atoms with Crippen molar-refractivity contribution in [3.63, 3.8) is 0 Å². The molecule has 5 nitrogen and oxygen atoms in total. The zero-order valence-corrected chi connectivity index (χ0v) is 26.0. The molecule has 0 N–H and O–H groups in total. The highest BCUT2D eigenvalue weighted by molar-refractivity contribution is 5.77. The van der Waals surface area contributed by atoms with Crippen LogP contribution in [0.2, 0.25) is 0 Å². The molecule has 226 valence electrons. The van der Waals surface area contributed by atoms with E-state index < -0.39 is 0 Å². The third kappa shape index (κ3) is 6.13. The van der Waals surface area contributed by atoms with Gasteiger partial charge in [0, 0.05) is 29.1 Å². The van der Waals surface area contributed by atoms with Gasteiger partial charge in [-0.2, -0.15) is 0 Å². The van der Waals surface area contributed by atoms with Gasteiger partial charge in [-0.15, -0.1) is 0 Å². The zero-order valence-electron chi connectivity index (χ0n) is 26.0. The van der Waals surface area contributed by atoms with E-state index in [1.807, 2.05) is 91.1 Å². The lowest BCUT2D eigenvalue weighted by atomic mass is 10.0. The minimum absolute atomic E-state index is 0.663. The Hall–Kier alpha value is -6.59. The monoisotopic (exact) mass is 615 g/mol. The quantitative estimate of drug-likeness (QED) is 0.178. The van der Waals surface area contributed by atoms with Crippen molar-refractivity contribution in [3.8, 4) is 78.9 Å². The first-order valence-corrected chi connectivity index (χ1v) is 15.8. The van der Waals surface area contributed by atoms with Crippen molar-refractivity contribution < 1.29 is 0 Å². The molecule has 4 heterocycles. The van der Waals surface area contributed by atoms with Gasteiger partial charge in [-0.25, -0.2) is 15.0 Å². The summed E-state index contributed by atoms with van der Waals surface area (Å²) >= 11 is 0. The van der Waals surface area contributed by atoms with Crippen LogP contribution in [0.1, 0.15) is 0 Å². The third-order valence-corrected chi connectivity index (χ3v) is 8.23. The number of pyridine rings is 3. The van der Waals surface area contributed by atoms with E-state index in [4.69, 9.17) is 19.9 Å². The standard InChI is InChI=1S/C43H29N5/c1-4-12-30(13-5-1)32-19-21-33(22-20-32)39-28-40(48-43(47-39)34-16-8-3-9-17-34)35-23-24-38(45-29-35)42-27-36(31-14-6-2-7-15-31)26-41(46-42)37-18-10-11-25-44-37/h1-29H. The average Bonchev–Trinajstić information content (AvgIpc) is 3.19. The molecule has 0 spiro atoms. The molecule has 0 aliphatic rings. The van der Waals surface area contributed by atoms with Gasteiger partial charge in [0.05, 0.1) is 34.2 Å². The van der Waals surface area contributed by atoms with Gasteiger partial charge in [0.2, 0.25) is 0 Å². The van der Waals surface area contributed by atoms with Crippen molar-refractivity contribution in [2.75, 3.05) is 0 Å². The average molecular weight is 616 g/mol. The molecule has 0 saturated heterocycles. The van der Waals surface area contributed by atoms with E-state index in [1.54, 1.807) is 6.20 Å². The van der Waals surface area contributed by atoms with Gasteiger partial charge in [0.15, 0.2) is 5.82 Å². The Balaban J connectivity index is 1.18. The summed E-state index contributed by atoms with van der Waals surface area (Å²) in [6.45, 7) is 0. The molecule has 0 amide bonds. The lowest BCUT2D eigenvalue weighted by Gasteiger charge is -2.11. The molecule has 48 heavy (non-hydrogen) atoms. The molecule has 8 rings (SSSR count). The Kier molecular flexibility index (Phi) is 7.83. The molecule has 0 saturated carbocycles. The van der Waals surface area contributed by atoms with Crippen LogP contribution >= 0.6 is 0 Å². The van der Waals surface area contributed by atoms with E-state index in [0.29, 0.717) is 5.82 Å². The van der Waals surface area contributed by atoms with Crippen LogP contribution in [0.3, 0.4) is 0 Å². The number of hydrogen-bond donors (Lipinski definition) is 0. The summed E-state index contributed by atoms with van der Waals surface area (Å²) < 4.78 is 0. The maximum atomic E-state index is 5.00. The second kappa shape index (κ2) is 13.0. The topological polar surface area (TPSA) is 64.5 Å². The van der Waals surface area contributed by atoms with Crippen LogP contribution < -0.4 is 0 Å². The van der Waals surface area contributed by atoms with Gasteiger partial charge < -0.3 is 0 Å². The molecule has 0 aliphatic heterocycles. The summed E-state index contributed by atoms with van der Waals surface area (Å²) in [5.74, 6) is 0.663. The van der Waals surface area contributed by atoms with Crippen LogP contribution in [-0.2, 0) is 0 Å². The van der Waals surface area contributed by atoms with Gasteiger partial charge in [0.1, 0.15) is 0 Å². The van der Waals surface area contributed by atoms with E-state index in [-0.39, 0.29) is 0 Å². The maximum absolute atomic E-state index is 5.00. The highest BCUT2D eigenvalue weighted by Crippen LogP contribution is 2.32. The van der Waals surface area contributed by atoms with Crippen LogP contribution in [0.4, 0.5) is 0 Å². The van der Waals surface area contributed by atoms with Gasteiger partial charge in [0.25, 0.3) is 0 Å². The minimum atomic E-state index is 0.663. The predicted octanol–water partition coefficient (Wildman–Crippen LogP) is 10.3. The molecule has 4 aromatic heterocycles. The molecule has 0 bridgehead atoms. The number of aromatic nitrogens is 5. The normalized spacial score (nSPS) is 10.9. The third-order valence-electron chi connectivity index (χ3n) is 8.23. The van der Waals surface area contributed by atoms with Gasteiger partial charge in [-0.05, 0) is 64.7 Å². The fraction of sp³-hybridized carbons (Fsp3) is 0. The first kappa shape index (κ1) is 28.9. The summed E-state index contributed by atoms with van der Waals surface area (Å²) in [5, 5.41) is 0. The van der Waals surface area contributed by atoms with Gasteiger partial charge in [-0.1, -0.05) is 121 Å². The first-order valence-electron chi connectivity index (χ1n) is 15.8. The molecule has 0 fully saturated rings. The van der Waals surface area contributed by atoms with Crippen molar-refractivity contribution in [2.24, 2.45) is 0 Å². The van der Waals surface area contributed by atoms with Gasteiger partial charge >= 0.3 is 0 Å². The Labute approximate surface area is 279 Å². The van der Waals surface area contributed by atoms with Crippen LogP contribution in [0.25, 0.3) is 78.9 Å². The highest BCUT2D eigenvalue weighted by atomic mass is 14.9. The zero-order chi connectivity index (χ0) is 32.1. The smallest absolute Gasteiger partial charge is 0.160 e. The number of rotatable bonds is 7. The molecule has 0 aliphatic carbocycles.